The molecule has 0 unspecified atom stereocenters. The van der Waals surface area contributed by atoms with Crippen LogP contribution in [-0.4, -0.2) is 8.42 Å². The van der Waals surface area contributed by atoms with Crippen molar-refractivity contribution in [3.05, 3.63) is 46.8 Å². The van der Waals surface area contributed by atoms with E-state index in [4.69, 9.17) is 0 Å². The Balaban J connectivity index is 2.24. The van der Waals surface area contributed by atoms with Crippen LogP contribution >= 0.6 is 11.3 Å². The quantitative estimate of drug-likeness (QED) is 0.933. The van der Waals surface area contributed by atoms with Gasteiger partial charge >= 0.3 is 0 Å². The molecule has 0 aliphatic carbocycles. The summed E-state index contributed by atoms with van der Waals surface area (Å²) in [6, 6.07) is 10.8. The maximum Gasteiger partial charge on any atom is 0.271 e. The van der Waals surface area contributed by atoms with Gasteiger partial charge in [-0.2, -0.15) is 0 Å². The molecule has 0 aliphatic rings. The summed E-state index contributed by atoms with van der Waals surface area (Å²) in [5, 5.41) is 0. The molecule has 1 heterocycles. The zero-order chi connectivity index (χ0) is 13.2. The zero-order valence-corrected chi connectivity index (χ0v) is 11.9. The average Bonchev–Trinajstić information content (AvgIpc) is 2.81. The molecule has 0 saturated carbocycles. The number of aryl methyl sites for hydroxylation is 2. The highest BCUT2D eigenvalue weighted by Gasteiger charge is 2.16. The minimum absolute atomic E-state index is 0.361. The lowest BCUT2D eigenvalue weighted by molar-refractivity contribution is 0.603. The molecule has 1 aromatic carbocycles. The molecule has 5 heteroatoms. The summed E-state index contributed by atoms with van der Waals surface area (Å²) < 4.78 is 27.2. The van der Waals surface area contributed by atoms with E-state index in [-0.39, 0.29) is 0 Å². The molecule has 0 fully saturated rings. The van der Waals surface area contributed by atoms with E-state index < -0.39 is 10.0 Å². The highest BCUT2D eigenvalue weighted by atomic mass is 32.2. The van der Waals surface area contributed by atoms with E-state index in [0.717, 1.165) is 16.9 Å². The van der Waals surface area contributed by atoms with Gasteiger partial charge in [0.25, 0.3) is 10.0 Å². The molecule has 96 valence electrons. The molecule has 1 N–H and O–H groups in total. The second kappa shape index (κ2) is 5.12. The van der Waals surface area contributed by atoms with Crippen LogP contribution in [0.25, 0.3) is 0 Å². The van der Waals surface area contributed by atoms with Gasteiger partial charge in [0.2, 0.25) is 0 Å². The van der Waals surface area contributed by atoms with E-state index in [1.165, 1.54) is 11.3 Å². The van der Waals surface area contributed by atoms with Gasteiger partial charge in [0.15, 0.2) is 0 Å². The molecule has 3 nitrogen and oxygen atoms in total. The number of sulfonamides is 1. The number of rotatable bonds is 4. The zero-order valence-electron chi connectivity index (χ0n) is 10.3. The van der Waals surface area contributed by atoms with Crippen LogP contribution in [-0.2, 0) is 16.4 Å². The van der Waals surface area contributed by atoms with E-state index in [1.807, 2.05) is 32.0 Å². The molecular weight excluding hydrogens is 266 g/mol. The van der Waals surface area contributed by atoms with E-state index in [2.05, 4.69) is 4.72 Å². The Morgan fingerprint density at radius 2 is 1.78 bits per heavy atom. The fourth-order valence-electron chi connectivity index (χ4n) is 1.52. The van der Waals surface area contributed by atoms with Gasteiger partial charge in [-0.25, -0.2) is 8.42 Å². The molecular formula is C13H15NO2S2. The third kappa shape index (κ3) is 2.91. The van der Waals surface area contributed by atoms with Crippen molar-refractivity contribution in [1.82, 2.24) is 0 Å². The highest BCUT2D eigenvalue weighted by molar-refractivity contribution is 7.94. The lowest BCUT2D eigenvalue weighted by Gasteiger charge is -2.06. The van der Waals surface area contributed by atoms with Gasteiger partial charge in [-0.3, -0.25) is 4.72 Å². The molecule has 0 aliphatic heterocycles. The van der Waals surface area contributed by atoms with Crippen molar-refractivity contribution in [1.29, 1.82) is 0 Å². The average molecular weight is 281 g/mol. The number of thiophene rings is 1. The predicted octanol–water partition coefficient (Wildman–Crippen LogP) is 3.42. The predicted molar refractivity (Wildman–Crippen MR) is 75.7 cm³/mol. The Hall–Kier alpha value is -1.33. The molecule has 0 saturated heterocycles. The summed E-state index contributed by atoms with van der Waals surface area (Å²) in [5.41, 5.74) is 1.69. The smallest absolute Gasteiger partial charge is 0.271 e. The Morgan fingerprint density at radius 3 is 2.33 bits per heavy atom. The van der Waals surface area contributed by atoms with Crippen molar-refractivity contribution in [2.24, 2.45) is 0 Å². The van der Waals surface area contributed by atoms with Gasteiger partial charge in [0, 0.05) is 10.6 Å². The third-order valence-corrected chi connectivity index (χ3v) is 5.66. The Morgan fingerprint density at radius 1 is 1.11 bits per heavy atom. The first-order valence-electron chi connectivity index (χ1n) is 5.69. The SMILES string of the molecule is CCc1ccc(S(=O)(=O)Nc2ccc(C)cc2)s1. The number of hydrogen-bond acceptors (Lipinski definition) is 3. The van der Waals surface area contributed by atoms with Crippen LogP contribution in [0.2, 0.25) is 0 Å². The molecule has 1 aromatic heterocycles. The largest absolute Gasteiger partial charge is 0.279 e. The topological polar surface area (TPSA) is 46.2 Å². The lowest BCUT2D eigenvalue weighted by Crippen LogP contribution is -2.11. The van der Waals surface area contributed by atoms with Crippen LogP contribution < -0.4 is 4.72 Å². The van der Waals surface area contributed by atoms with Crippen molar-refractivity contribution in [2.75, 3.05) is 4.72 Å². The minimum atomic E-state index is -3.45. The molecule has 0 amide bonds. The fraction of sp³-hybridized carbons (Fsp3) is 0.231. The van der Waals surface area contributed by atoms with E-state index in [9.17, 15) is 8.42 Å². The molecule has 0 radical (unpaired) electrons. The Labute approximate surface area is 112 Å². The maximum absolute atomic E-state index is 12.1. The normalized spacial score (nSPS) is 11.4. The highest BCUT2D eigenvalue weighted by Crippen LogP contribution is 2.24. The van der Waals surface area contributed by atoms with Gasteiger partial charge in [0.05, 0.1) is 0 Å². The van der Waals surface area contributed by atoms with Crippen LogP contribution in [0.1, 0.15) is 17.4 Å². The van der Waals surface area contributed by atoms with E-state index >= 15 is 0 Å². The summed E-state index contributed by atoms with van der Waals surface area (Å²) in [6.07, 6.45) is 0.852. The summed E-state index contributed by atoms with van der Waals surface area (Å²) in [7, 11) is -3.45. The second-order valence-electron chi connectivity index (χ2n) is 4.05. The maximum atomic E-state index is 12.1. The standard InChI is InChI=1S/C13H15NO2S2/c1-3-12-8-9-13(17-12)18(15,16)14-11-6-4-10(2)5-7-11/h4-9,14H,3H2,1-2H3. The summed E-state index contributed by atoms with van der Waals surface area (Å²) in [4.78, 5) is 1.07. The van der Waals surface area contributed by atoms with Gasteiger partial charge < -0.3 is 0 Å². The lowest BCUT2D eigenvalue weighted by atomic mass is 10.2. The van der Waals surface area contributed by atoms with Gasteiger partial charge in [-0.15, -0.1) is 11.3 Å². The van der Waals surface area contributed by atoms with Crippen LogP contribution in [0.5, 0.6) is 0 Å². The van der Waals surface area contributed by atoms with Crippen molar-refractivity contribution < 1.29 is 8.42 Å². The first-order valence-corrected chi connectivity index (χ1v) is 7.99. The molecule has 0 atom stereocenters. The van der Waals surface area contributed by atoms with Crippen molar-refractivity contribution in [3.8, 4) is 0 Å². The summed E-state index contributed by atoms with van der Waals surface area (Å²) >= 11 is 1.31. The molecule has 2 aromatic rings. The number of benzene rings is 1. The third-order valence-electron chi connectivity index (χ3n) is 2.55. The fourth-order valence-corrected chi connectivity index (χ4v) is 3.87. The van der Waals surface area contributed by atoms with Crippen molar-refractivity contribution in [3.63, 3.8) is 0 Å². The Bertz CT molecular complexity index is 627. The number of nitrogens with one attached hydrogen (secondary N) is 1. The first kappa shape index (κ1) is 13.1. The first-order chi connectivity index (χ1) is 8.51. The van der Waals surface area contributed by atoms with Crippen LogP contribution in [0.15, 0.2) is 40.6 Å². The van der Waals surface area contributed by atoms with Gasteiger partial charge in [-0.05, 0) is 37.6 Å². The van der Waals surface area contributed by atoms with E-state index in [0.29, 0.717) is 9.90 Å². The minimum Gasteiger partial charge on any atom is -0.279 e. The molecule has 0 bridgehead atoms. The Kier molecular flexibility index (Phi) is 3.73. The number of hydrogen-bond donors (Lipinski definition) is 1. The van der Waals surface area contributed by atoms with Crippen LogP contribution in [0, 0.1) is 6.92 Å². The molecule has 2 rings (SSSR count). The van der Waals surface area contributed by atoms with Crippen molar-refractivity contribution >= 4 is 27.0 Å². The van der Waals surface area contributed by atoms with Crippen LogP contribution in [0.4, 0.5) is 5.69 Å². The van der Waals surface area contributed by atoms with Gasteiger partial charge in [-0.1, -0.05) is 24.6 Å². The summed E-state index contributed by atoms with van der Waals surface area (Å²) in [6.45, 7) is 3.97. The number of anilines is 1. The van der Waals surface area contributed by atoms with Crippen LogP contribution in [0.3, 0.4) is 0 Å². The molecule has 0 spiro atoms. The summed E-state index contributed by atoms with van der Waals surface area (Å²) in [5.74, 6) is 0. The second-order valence-corrected chi connectivity index (χ2v) is 7.12. The van der Waals surface area contributed by atoms with Crippen molar-refractivity contribution in [2.45, 2.75) is 24.5 Å². The van der Waals surface area contributed by atoms with E-state index in [1.54, 1.807) is 18.2 Å². The van der Waals surface area contributed by atoms with Gasteiger partial charge in [0.1, 0.15) is 4.21 Å². The monoisotopic (exact) mass is 281 g/mol. The molecule has 18 heavy (non-hydrogen) atoms.